The van der Waals surface area contributed by atoms with Crippen LogP contribution in [0.15, 0.2) is 0 Å². The summed E-state index contributed by atoms with van der Waals surface area (Å²) in [6.07, 6.45) is 4.26. The molecule has 0 aromatic rings. The van der Waals surface area contributed by atoms with Crippen LogP contribution in [0.5, 0.6) is 0 Å². The lowest BCUT2D eigenvalue weighted by Crippen LogP contribution is -1.90. The van der Waals surface area contributed by atoms with Gasteiger partial charge >= 0.3 is 0 Å². The first kappa shape index (κ1) is 9.14. The van der Waals surface area contributed by atoms with Crippen LogP contribution in [-0.2, 0) is 0 Å². The third-order valence-corrected chi connectivity index (χ3v) is 5.10. The zero-order chi connectivity index (χ0) is 7.07. The average molecular weight is 194 g/mol. The summed E-state index contributed by atoms with van der Waals surface area (Å²) in [6.45, 7) is 0. The summed E-state index contributed by atoms with van der Waals surface area (Å²) in [7, 11) is 4.11. The Hall–Kier alpha value is 1.05. The topological polar surface area (TPSA) is 0 Å². The molecule has 0 saturated carbocycles. The molecule has 0 spiro atoms. The highest BCUT2D eigenvalue weighted by atomic mass is 33.1. The Morgan fingerprint density at radius 1 is 0.600 bits per heavy atom. The Bertz CT molecular complexity index is 42.0. The summed E-state index contributed by atoms with van der Waals surface area (Å²) in [6, 6.07) is 0. The van der Waals surface area contributed by atoms with Crippen LogP contribution in [0.3, 0.4) is 0 Å². The highest BCUT2D eigenvalue weighted by molar-refractivity contribution is 8.76. The first-order valence-corrected chi connectivity index (χ1v) is 7.46. The fourth-order valence-electron chi connectivity index (χ4n) is 0.805. The maximum Gasteiger partial charge on any atom is 0.00447 e. The number of hydrogen-bond acceptors (Lipinski definition) is 3. The minimum atomic E-state index is 1.36. The van der Waals surface area contributed by atoms with E-state index in [2.05, 4.69) is 33.3 Å². The van der Waals surface area contributed by atoms with E-state index < -0.39 is 0 Å². The van der Waals surface area contributed by atoms with Crippen LogP contribution in [0.1, 0.15) is 19.3 Å². The lowest BCUT2D eigenvalue weighted by Gasteiger charge is -2.05. The summed E-state index contributed by atoms with van der Waals surface area (Å²) in [5.41, 5.74) is 0. The number of thioether (sulfide) groups is 1. The molecule has 1 rings (SSSR count). The molecule has 3 heteroatoms. The van der Waals surface area contributed by atoms with E-state index in [0.29, 0.717) is 0 Å². The lowest BCUT2D eigenvalue weighted by atomic mass is 10.4. The first-order chi connectivity index (χ1) is 5.00. The van der Waals surface area contributed by atoms with Crippen molar-refractivity contribution in [1.82, 2.24) is 0 Å². The SMILES string of the molecule is C1CCSSCCCSC1. The highest BCUT2D eigenvalue weighted by Gasteiger charge is 1.96. The van der Waals surface area contributed by atoms with Crippen LogP contribution >= 0.6 is 33.3 Å². The molecule has 1 saturated heterocycles. The Morgan fingerprint density at radius 2 is 1.20 bits per heavy atom. The van der Waals surface area contributed by atoms with Crippen LogP contribution in [0.2, 0.25) is 0 Å². The standard InChI is InChI=1S/C7H14S3/c1-2-6-9-10-7-3-5-8-4-1/h1-7H2. The van der Waals surface area contributed by atoms with E-state index in [1.165, 1.54) is 42.3 Å². The first-order valence-electron chi connectivity index (χ1n) is 3.82. The van der Waals surface area contributed by atoms with Gasteiger partial charge in [-0.05, 0) is 30.8 Å². The van der Waals surface area contributed by atoms with Crippen LogP contribution < -0.4 is 0 Å². The monoisotopic (exact) mass is 194 g/mol. The van der Waals surface area contributed by atoms with E-state index in [0.717, 1.165) is 0 Å². The second-order valence-electron chi connectivity index (χ2n) is 2.32. The van der Waals surface area contributed by atoms with E-state index in [1.54, 1.807) is 0 Å². The van der Waals surface area contributed by atoms with Crippen molar-refractivity contribution >= 4 is 33.3 Å². The van der Waals surface area contributed by atoms with E-state index in [1.807, 2.05) is 0 Å². The highest BCUT2D eigenvalue weighted by Crippen LogP contribution is 2.25. The molecule has 0 radical (unpaired) electrons. The average Bonchev–Trinajstić information content (AvgIpc) is 2.01. The van der Waals surface area contributed by atoms with E-state index >= 15 is 0 Å². The molecule has 0 bridgehead atoms. The third kappa shape index (κ3) is 4.80. The van der Waals surface area contributed by atoms with Crippen LogP contribution in [-0.4, -0.2) is 23.0 Å². The van der Waals surface area contributed by atoms with E-state index in [9.17, 15) is 0 Å². The molecular formula is C7H14S3. The smallest absolute Gasteiger partial charge is 0.00447 e. The number of hydrogen-bond donors (Lipinski definition) is 0. The fraction of sp³-hybridized carbons (Fsp3) is 1.00. The van der Waals surface area contributed by atoms with Crippen molar-refractivity contribution in [2.45, 2.75) is 19.3 Å². The van der Waals surface area contributed by atoms with Gasteiger partial charge in [0.25, 0.3) is 0 Å². The van der Waals surface area contributed by atoms with Crippen LogP contribution in [0, 0.1) is 0 Å². The largest absolute Gasteiger partial charge is 0.162 e. The van der Waals surface area contributed by atoms with Gasteiger partial charge in [-0.3, -0.25) is 0 Å². The molecule has 0 amide bonds. The molecule has 10 heavy (non-hydrogen) atoms. The number of rotatable bonds is 0. The summed E-state index contributed by atoms with van der Waals surface area (Å²) >= 11 is 2.13. The van der Waals surface area contributed by atoms with Gasteiger partial charge in [-0.25, -0.2) is 0 Å². The molecule has 1 aliphatic rings. The van der Waals surface area contributed by atoms with Crippen molar-refractivity contribution in [3.8, 4) is 0 Å². The maximum absolute atomic E-state index is 2.13. The Balaban J connectivity index is 2.00. The lowest BCUT2D eigenvalue weighted by molar-refractivity contribution is 0.907. The third-order valence-electron chi connectivity index (χ3n) is 1.37. The van der Waals surface area contributed by atoms with Crippen molar-refractivity contribution in [3.05, 3.63) is 0 Å². The van der Waals surface area contributed by atoms with Crippen molar-refractivity contribution in [3.63, 3.8) is 0 Å². The predicted octanol–water partition coefficient (Wildman–Crippen LogP) is 3.28. The molecule has 1 fully saturated rings. The van der Waals surface area contributed by atoms with E-state index in [-0.39, 0.29) is 0 Å². The van der Waals surface area contributed by atoms with Gasteiger partial charge in [-0.1, -0.05) is 21.6 Å². The van der Waals surface area contributed by atoms with Gasteiger partial charge in [0.1, 0.15) is 0 Å². The predicted molar refractivity (Wildman–Crippen MR) is 56.1 cm³/mol. The molecule has 0 aromatic carbocycles. The van der Waals surface area contributed by atoms with Crippen molar-refractivity contribution in [1.29, 1.82) is 0 Å². The zero-order valence-electron chi connectivity index (χ0n) is 6.17. The summed E-state index contributed by atoms with van der Waals surface area (Å²) in [5, 5.41) is 0. The molecule has 0 aromatic heterocycles. The van der Waals surface area contributed by atoms with Gasteiger partial charge in [0, 0.05) is 11.5 Å². The van der Waals surface area contributed by atoms with Gasteiger partial charge in [0.05, 0.1) is 0 Å². The summed E-state index contributed by atoms with van der Waals surface area (Å²) in [5.74, 6) is 5.50. The van der Waals surface area contributed by atoms with Crippen LogP contribution in [0.25, 0.3) is 0 Å². The molecule has 1 heterocycles. The minimum absolute atomic E-state index is 1.36. The second kappa shape index (κ2) is 6.74. The van der Waals surface area contributed by atoms with Gasteiger partial charge in [-0.2, -0.15) is 11.8 Å². The van der Waals surface area contributed by atoms with Gasteiger partial charge < -0.3 is 0 Å². The molecular weight excluding hydrogens is 180 g/mol. The molecule has 0 nitrogen and oxygen atoms in total. The van der Waals surface area contributed by atoms with Crippen molar-refractivity contribution < 1.29 is 0 Å². The minimum Gasteiger partial charge on any atom is -0.162 e. The van der Waals surface area contributed by atoms with Gasteiger partial charge in [0.2, 0.25) is 0 Å². The summed E-state index contributed by atoms with van der Waals surface area (Å²) < 4.78 is 0. The molecule has 0 aliphatic carbocycles. The molecule has 60 valence electrons. The van der Waals surface area contributed by atoms with Gasteiger partial charge in [-0.15, -0.1) is 0 Å². The Morgan fingerprint density at radius 3 is 2.10 bits per heavy atom. The fourth-order valence-corrected chi connectivity index (χ4v) is 4.18. The van der Waals surface area contributed by atoms with Crippen LogP contribution in [0.4, 0.5) is 0 Å². The van der Waals surface area contributed by atoms with Crippen molar-refractivity contribution in [2.75, 3.05) is 23.0 Å². The molecule has 0 atom stereocenters. The normalized spacial score (nSPS) is 24.0. The maximum atomic E-state index is 2.13. The molecule has 1 aliphatic heterocycles. The molecule has 0 N–H and O–H groups in total. The zero-order valence-corrected chi connectivity index (χ0v) is 8.62. The summed E-state index contributed by atoms with van der Waals surface area (Å²) in [4.78, 5) is 0. The molecule has 0 unspecified atom stereocenters. The second-order valence-corrected chi connectivity index (χ2v) is 6.24. The van der Waals surface area contributed by atoms with Crippen molar-refractivity contribution in [2.24, 2.45) is 0 Å². The van der Waals surface area contributed by atoms with Gasteiger partial charge in [0.15, 0.2) is 0 Å². The quantitative estimate of drug-likeness (QED) is 0.543. The Kier molecular flexibility index (Phi) is 6.16. The van der Waals surface area contributed by atoms with E-state index in [4.69, 9.17) is 0 Å². The Labute approximate surface area is 75.7 Å².